The summed E-state index contributed by atoms with van der Waals surface area (Å²) in [5.74, 6) is 0. The molecule has 2 rings (SSSR count). The van der Waals surface area contributed by atoms with Crippen molar-refractivity contribution in [2.45, 2.75) is 39.2 Å². The Kier molecular flexibility index (Phi) is 4.99. The van der Waals surface area contributed by atoms with Crippen molar-refractivity contribution in [1.29, 1.82) is 0 Å². The van der Waals surface area contributed by atoms with E-state index in [1.54, 1.807) is 11.3 Å². The average Bonchev–Trinajstić information content (AvgIpc) is 2.84. The number of urea groups is 1. The fourth-order valence-electron chi connectivity index (χ4n) is 2.22. The van der Waals surface area contributed by atoms with E-state index in [2.05, 4.69) is 24.1 Å². The number of nitrogens with zero attached hydrogens (tertiary/aromatic N) is 2. The van der Waals surface area contributed by atoms with Crippen LogP contribution in [0.2, 0.25) is 0 Å². The maximum Gasteiger partial charge on any atom is 0.317 e. The molecule has 2 amide bonds. The first kappa shape index (κ1) is 15.3. The monoisotopic (exact) mass is 297 g/mol. The summed E-state index contributed by atoms with van der Waals surface area (Å²) in [5, 5.41) is 4.04. The first-order chi connectivity index (χ1) is 9.52. The van der Waals surface area contributed by atoms with Gasteiger partial charge in [0.05, 0.1) is 23.8 Å². The van der Waals surface area contributed by atoms with Crippen LogP contribution in [0, 0.1) is 6.92 Å². The third-order valence-corrected chi connectivity index (χ3v) is 4.63. The van der Waals surface area contributed by atoms with Crippen molar-refractivity contribution in [1.82, 2.24) is 15.2 Å². The summed E-state index contributed by atoms with van der Waals surface area (Å²) in [5.41, 5.74) is -0.206. The molecule has 1 fully saturated rings. The number of hydrogen-bond acceptors (Lipinski definition) is 4. The van der Waals surface area contributed by atoms with E-state index in [4.69, 9.17) is 4.74 Å². The number of rotatable bonds is 4. The van der Waals surface area contributed by atoms with Crippen LogP contribution in [0.5, 0.6) is 0 Å². The quantitative estimate of drug-likeness (QED) is 0.927. The number of nitrogens with one attached hydrogen (secondary N) is 1. The molecule has 5 nitrogen and oxygen atoms in total. The minimum atomic E-state index is -0.206. The SMILES string of the molecule is CCC1(C)CN(C(=O)NCCc2ncc(C)s2)CCO1. The largest absolute Gasteiger partial charge is 0.372 e. The fraction of sp³-hybridized carbons (Fsp3) is 0.714. The lowest BCUT2D eigenvalue weighted by Gasteiger charge is -2.39. The van der Waals surface area contributed by atoms with E-state index in [1.807, 2.05) is 18.0 Å². The highest BCUT2D eigenvalue weighted by molar-refractivity contribution is 7.11. The molecule has 112 valence electrons. The van der Waals surface area contributed by atoms with Crippen molar-refractivity contribution in [2.75, 3.05) is 26.2 Å². The second-order valence-electron chi connectivity index (χ2n) is 5.42. The Morgan fingerprint density at radius 3 is 3.10 bits per heavy atom. The highest BCUT2D eigenvalue weighted by atomic mass is 32.1. The van der Waals surface area contributed by atoms with E-state index < -0.39 is 0 Å². The zero-order valence-electron chi connectivity index (χ0n) is 12.4. The molecule has 0 aromatic carbocycles. The Balaban J connectivity index is 1.77. The predicted molar refractivity (Wildman–Crippen MR) is 80.2 cm³/mol. The van der Waals surface area contributed by atoms with E-state index in [0.717, 1.165) is 17.8 Å². The number of carbonyl (C=O) groups excluding carboxylic acids is 1. The van der Waals surface area contributed by atoms with Gasteiger partial charge in [-0.05, 0) is 20.3 Å². The summed E-state index contributed by atoms with van der Waals surface area (Å²) in [6, 6.07) is 0.00116. The maximum atomic E-state index is 12.1. The average molecular weight is 297 g/mol. The van der Waals surface area contributed by atoms with Gasteiger partial charge in [0.25, 0.3) is 0 Å². The number of thiazole rings is 1. The van der Waals surface area contributed by atoms with Gasteiger partial charge in [0.1, 0.15) is 0 Å². The van der Waals surface area contributed by atoms with Gasteiger partial charge in [0.15, 0.2) is 0 Å². The molecule has 0 spiro atoms. The normalized spacial score (nSPS) is 22.9. The van der Waals surface area contributed by atoms with E-state index in [1.165, 1.54) is 4.88 Å². The molecule has 2 heterocycles. The van der Waals surface area contributed by atoms with Crippen molar-refractivity contribution in [3.05, 3.63) is 16.1 Å². The highest BCUT2D eigenvalue weighted by Crippen LogP contribution is 2.20. The van der Waals surface area contributed by atoms with Gasteiger partial charge in [-0.15, -0.1) is 11.3 Å². The molecular weight excluding hydrogens is 274 g/mol. The number of amides is 2. The zero-order chi connectivity index (χ0) is 14.6. The molecule has 1 atom stereocenters. The van der Waals surface area contributed by atoms with Crippen molar-refractivity contribution < 1.29 is 9.53 Å². The molecule has 0 radical (unpaired) electrons. The third-order valence-electron chi connectivity index (χ3n) is 3.66. The van der Waals surface area contributed by atoms with Crippen molar-refractivity contribution >= 4 is 17.4 Å². The van der Waals surface area contributed by atoms with E-state index >= 15 is 0 Å². The summed E-state index contributed by atoms with van der Waals surface area (Å²) in [4.78, 5) is 19.5. The molecule has 1 aliphatic rings. The second kappa shape index (κ2) is 6.54. The molecule has 1 unspecified atom stereocenters. The van der Waals surface area contributed by atoms with Gasteiger partial charge in [-0.2, -0.15) is 0 Å². The standard InChI is InChI=1S/C14H23N3O2S/c1-4-14(3)10-17(7-8-19-14)13(18)15-6-5-12-16-9-11(2)20-12/h9H,4-8,10H2,1-3H3,(H,15,18). The molecule has 1 aromatic heterocycles. The molecule has 6 heteroatoms. The third kappa shape index (κ3) is 3.93. The second-order valence-corrected chi connectivity index (χ2v) is 6.74. The van der Waals surface area contributed by atoms with Crippen LogP contribution in [-0.4, -0.2) is 47.8 Å². The number of aromatic nitrogens is 1. The van der Waals surface area contributed by atoms with E-state index in [-0.39, 0.29) is 11.6 Å². The minimum Gasteiger partial charge on any atom is -0.372 e. The van der Waals surface area contributed by atoms with Gasteiger partial charge in [0.2, 0.25) is 0 Å². The lowest BCUT2D eigenvalue weighted by Crippen LogP contribution is -2.54. The van der Waals surface area contributed by atoms with Crippen LogP contribution in [-0.2, 0) is 11.2 Å². The number of hydrogen-bond donors (Lipinski definition) is 1. The first-order valence-electron chi connectivity index (χ1n) is 7.10. The molecule has 0 aliphatic carbocycles. The number of carbonyl (C=O) groups is 1. The number of ether oxygens (including phenoxy) is 1. The van der Waals surface area contributed by atoms with Gasteiger partial charge < -0.3 is 15.0 Å². The van der Waals surface area contributed by atoms with Crippen LogP contribution >= 0.6 is 11.3 Å². The van der Waals surface area contributed by atoms with Gasteiger partial charge in [-0.25, -0.2) is 9.78 Å². The zero-order valence-corrected chi connectivity index (χ0v) is 13.3. The van der Waals surface area contributed by atoms with Gasteiger partial charge in [-0.1, -0.05) is 6.92 Å². The number of aryl methyl sites for hydroxylation is 1. The Morgan fingerprint density at radius 1 is 1.65 bits per heavy atom. The summed E-state index contributed by atoms with van der Waals surface area (Å²) >= 11 is 1.68. The van der Waals surface area contributed by atoms with Crippen molar-refractivity contribution in [2.24, 2.45) is 0 Å². The Morgan fingerprint density at radius 2 is 2.45 bits per heavy atom. The van der Waals surface area contributed by atoms with Gasteiger partial charge in [0, 0.05) is 30.6 Å². The summed E-state index contributed by atoms with van der Waals surface area (Å²) in [7, 11) is 0. The van der Waals surface area contributed by atoms with E-state index in [0.29, 0.717) is 26.2 Å². The molecule has 0 saturated carbocycles. The summed E-state index contributed by atoms with van der Waals surface area (Å²) in [6.07, 6.45) is 3.57. The smallest absolute Gasteiger partial charge is 0.317 e. The first-order valence-corrected chi connectivity index (χ1v) is 7.92. The molecule has 1 saturated heterocycles. The van der Waals surface area contributed by atoms with Crippen molar-refractivity contribution in [3.8, 4) is 0 Å². The van der Waals surface area contributed by atoms with Gasteiger partial charge >= 0.3 is 6.03 Å². The van der Waals surface area contributed by atoms with Crippen molar-refractivity contribution in [3.63, 3.8) is 0 Å². The molecule has 20 heavy (non-hydrogen) atoms. The summed E-state index contributed by atoms with van der Waals surface area (Å²) in [6.45, 7) is 8.76. The number of morpholine rings is 1. The minimum absolute atomic E-state index is 0.00116. The van der Waals surface area contributed by atoms with Crippen LogP contribution in [0.15, 0.2) is 6.20 Å². The maximum absolute atomic E-state index is 12.1. The van der Waals surface area contributed by atoms with Gasteiger partial charge in [-0.3, -0.25) is 0 Å². The Labute approximate surface area is 124 Å². The lowest BCUT2D eigenvalue weighted by molar-refractivity contribution is -0.0872. The van der Waals surface area contributed by atoms with Crippen LogP contribution in [0.25, 0.3) is 0 Å². The van der Waals surface area contributed by atoms with Crippen LogP contribution in [0.4, 0.5) is 4.79 Å². The summed E-state index contributed by atoms with van der Waals surface area (Å²) < 4.78 is 5.74. The molecule has 1 N–H and O–H groups in total. The molecule has 0 bridgehead atoms. The highest BCUT2D eigenvalue weighted by Gasteiger charge is 2.32. The Bertz CT molecular complexity index is 463. The Hall–Kier alpha value is -1.14. The molecule has 1 aromatic rings. The fourth-order valence-corrected chi connectivity index (χ4v) is 3.01. The van der Waals surface area contributed by atoms with Crippen LogP contribution < -0.4 is 5.32 Å². The molecular formula is C14H23N3O2S. The van der Waals surface area contributed by atoms with Crippen LogP contribution in [0.3, 0.4) is 0 Å². The predicted octanol–water partition coefficient (Wildman–Crippen LogP) is 2.20. The topological polar surface area (TPSA) is 54.5 Å². The van der Waals surface area contributed by atoms with E-state index in [9.17, 15) is 4.79 Å². The van der Waals surface area contributed by atoms with Crippen LogP contribution in [0.1, 0.15) is 30.2 Å². The molecule has 1 aliphatic heterocycles. The lowest BCUT2D eigenvalue weighted by atomic mass is 10.0.